The lowest BCUT2D eigenvalue weighted by Gasteiger charge is -2.15. The number of nitrogens with zero attached hydrogens (tertiary/aromatic N) is 3. The number of nitrogen functional groups attached to an aromatic ring is 1. The summed E-state index contributed by atoms with van der Waals surface area (Å²) in [5.41, 5.74) is 6.81. The summed E-state index contributed by atoms with van der Waals surface area (Å²) in [4.78, 5) is 12.3. The number of rotatable bonds is 3. The maximum Gasteiger partial charge on any atom is 0.170 e. The van der Waals surface area contributed by atoms with E-state index in [1.807, 2.05) is 19.1 Å². The van der Waals surface area contributed by atoms with Crippen LogP contribution in [-0.4, -0.2) is 15.0 Å². The fourth-order valence-corrected chi connectivity index (χ4v) is 1.68. The summed E-state index contributed by atoms with van der Waals surface area (Å²) in [6.45, 7) is 2.01. The summed E-state index contributed by atoms with van der Waals surface area (Å²) in [5, 5.41) is 3.20. The van der Waals surface area contributed by atoms with Crippen molar-refractivity contribution in [3.8, 4) is 0 Å². The van der Waals surface area contributed by atoms with Crippen LogP contribution in [-0.2, 0) is 0 Å². The largest absolute Gasteiger partial charge is 0.381 e. The Morgan fingerprint density at radius 3 is 2.94 bits per heavy atom. The lowest BCUT2D eigenvalue weighted by Crippen LogP contribution is -2.11. The molecule has 0 bridgehead atoms. The van der Waals surface area contributed by atoms with E-state index >= 15 is 0 Å². The SMILES string of the molecule is C[C@@H](Nc1nc(Br)cnc1N)c1cccnc1. The summed E-state index contributed by atoms with van der Waals surface area (Å²) < 4.78 is 0.646. The predicted molar refractivity (Wildman–Crippen MR) is 70.4 cm³/mol. The minimum atomic E-state index is 0.0644. The van der Waals surface area contributed by atoms with Crippen LogP contribution in [0.5, 0.6) is 0 Å². The third kappa shape index (κ3) is 2.91. The van der Waals surface area contributed by atoms with Crippen molar-refractivity contribution < 1.29 is 0 Å². The van der Waals surface area contributed by atoms with Crippen LogP contribution in [0, 0.1) is 0 Å². The Balaban J connectivity index is 2.18. The highest BCUT2D eigenvalue weighted by atomic mass is 79.9. The fourth-order valence-electron chi connectivity index (χ4n) is 1.40. The molecule has 5 nitrogen and oxygen atoms in total. The highest BCUT2D eigenvalue weighted by molar-refractivity contribution is 9.10. The van der Waals surface area contributed by atoms with E-state index in [-0.39, 0.29) is 6.04 Å². The fraction of sp³-hybridized carbons (Fsp3) is 0.182. The number of pyridine rings is 1. The van der Waals surface area contributed by atoms with E-state index in [0.29, 0.717) is 16.2 Å². The summed E-state index contributed by atoms with van der Waals surface area (Å²) in [7, 11) is 0. The first-order valence-electron chi connectivity index (χ1n) is 5.11. The molecule has 2 aromatic heterocycles. The molecule has 17 heavy (non-hydrogen) atoms. The number of hydrogen-bond acceptors (Lipinski definition) is 5. The van der Waals surface area contributed by atoms with Gasteiger partial charge in [0.2, 0.25) is 0 Å². The van der Waals surface area contributed by atoms with Gasteiger partial charge in [-0.3, -0.25) is 4.98 Å². The molecule has 0 aliphatic rings. The number of anilines is 2. The van der Waals surface area contributed by atoms with Gasteiger partial charge >= 0.3 is 0 Å². The highest BCUT2D eigenvalue weighted by Gasteiger charge is 2.09. The molecule has 0 unspecified atom stereocenters. The van der Waals surface area contributed by atoms with Gasteiger partial charge in [0.25, 0.3) is 0 Å². The van der Waals surface area contributed by atoms with E-state index in [4.69, 9.17) is 5.73 Å². The zero-order valence-electron chi connectivity index (χ0n) is 9.26. The van der Waals surface area contributed by atoms with Gasteiger partial charge in [0, 0.05) is 12.4 Å². The second-order valence-corrected chi connectivity index (χ2v) is 4.39. The van der Waals surface area contributed by atoms with Crippen LogP contribution in [0.15, 0.2) is 35.3 Å². The zero-order chi connectivity index (χ0) is 12.3. The molecule has 2 heterocycles. The quantitative estimate of drug-likeness (QED) is 0.909. The smallest absolute Gasteiger partial charge is 0.170 e. The summed E-state index contributed by atoms with van der Waals surface area (Å²) >= 11 is 3.26. The van der Waals surface area contributed by atoms with Crippen LogP contribution in [0.25, 0.3) is 0 Å². The van der Waals surface area contributed by atoms with Crippen molar-refractivity contribution in [2.24, 2.45) is 0 Å². The summed E-state index contributed by atoms with van der Waals surface area (Å²) in [6, 6.07) is 3.95. The molecule has 3 N–H and O–H groups in total. The van der Waals surface area contributed by atoms with E-state index in [1.54, 1.807) is 18.6 Å². The molecular formula is C11H12BrN5. The highest BCUT2D eigenvalue weighted by Crippen LogP contribution is 2.21. The summed E-state index contributed by atoms with van der Waals surface area (Å²) in [5.74, 6) is 0.944. The van der Waals surface area contributed by atoms with Gasteiger partial charge in [0.05, 0.1) is 12.2 Å². The third-order valence-electron chi connectivity index (χ3n) is 2.31. The average Bonchev–Trinajstić information content (AvgIpc) is 2.35. The zero-order valence-corrected chi connectivity index (χ0v) is 10.8. The van der Waals surface area contributed by atoms with Gasteiger partial charge < -0.3 is 11.1 Å². The van der Waals surface area contributed by atoms with Crippen molar-refractivity contribution in [1.29, 1.82) is 0 Å². The standard InChI is InChI=1S/C11H12BrN5/c1-7(8-3-2-4-14-5-8)16-11-10(13)15-6-9(12)17-11/h2-7H,1H3,(H2,13,15)(H,16,17)/t7-/m1/s1. The number of halogens is 1. The van der Waals surface area contributed by atoms with E-state index < -0.39 is 0 Å². The van der Waals surface area contributed by atoms with E-state index in [9.17, 15) is 0 Å². The lowest BCUT2D eigenvalue weighted by molar-refractivity contribution is 0.863. The van der Waals surface area contributed by atoms with Gasteiger partial charge in [0.1, 0.15) is 4.60 Å². The molecule has 2 rings (SSSR count). The topological polar surface area (TPSA) is 76.7 Å². The molecule has 1 atom stereocenters. The van der Waals surface area contributed by atoms with Crippen LogP contribution in [0.4, 0.5) is 11.6 Å². The molecule has 0 radical (unpaired) electrons. The van der Waals surface area contributed by atoms with Gasteiger partial charge in [-0.1, -0.05) is 6.07 Å². The van der Waals surface area contributed by atoms with Gasteiger partial charge in [-0.2, -0.15) is 0 Å². The van der Waals surface area contributed by atoms with Crippen molar-refractivity contribution in [1.82, 2.24) is 15.0 Å². The van der Waals surface area contributed by atoms with E-state index in [1.165, 1.54) is 0 Å². The Morgan fingerprint density at radius 1 is 1.41 bits per heavy atom. The molecule has 0 aliphatic heterocycles. The second-order valence-electron chi connectivity index (χ2n) is 3.58. The minimum absolute atomic E-state index is 0.0644. The van der Waals surface area contributed by atoms with Gasteiger partial charge in [-0.25, -0.2) is 9.97 Å². The first-order chi connectivity index (χ1) is 8.16. The number of hydrogen-bond donors (Lipinski definition) is 2. The van der Waals surface area contributed by atoms with Gasteiger partial charge in [-0.15, -0.1) is 0 Å². The Morgan fingerprint density at radius 2 is 2.24 bits per heavy atom. The molecule has 0 spiro atoms. The molecule has 0 amide bonds. The van der Waals surface area contributed by atoms with Crippen LogP contribution in [0.2, 0.25) is 0 Å². The molecular weight excluding hydrogens is 282 g/mol. The Kier molecular flexibility index (Phi) is 3.53. The van der Waals surface area contributed by atoms with Gasteiger partial charge in [0.15, 0.2) is 11.6 Å². The molecule has 0 aliphatic carbocycles. The van der Waals surface area contributed by atoms with Crippen molar-refractivity contribution in [2.75, 3.05) is 11.1 Å². The Bertz CT molecular complexity index is 502. The molecule has 6 heteroatoms. The third-order valence-corrected chi connectivity index (χ3v) is 2.69. The maximum atomic E-state index is 5.74. The van der Waals surface area contributed by atoms with E-state index in [0.717, 1.165) is 5.56 Å². The first-order valence-corrected chi connectivity index (χ1v) is 5.90. The number of nitrogens with two attached hydrogens (primary N) is 1. The predicted octanol–water partition coefficient (Wildman–Crippen LogP) is 2.39. The van der Waals surface area contributed by atoms with Crippen LogP contribution in [0.1, 0.15) is 18.5 Å². The van der Waals surface area contributed by atoms with E-state index in [2.05, 4.69) is 36.2 Å². The molecule has 0 aromatic carbocycles. The van der Waals surface area contributed by atoms with Crippen molar-refractivity contribution in [3.05, 3.63) is 40.9 Å². The van der Waals surface area contributed by atoms with Crippen molar-refractivity contribution >= 4 is 27.6 Å². The lowest BCUT2D eigenvalue weighted by atomic mass is 10.1. The molecule has 88 valence electrons. The van der Waals surface area contributed by atoms with Crippen molar-refractivity contribution in [2.45, 2.75) is 13.0 Å². The van der Waals surface area contributed by atoms with Crippen molar-refractivity contribution in [3.63, 3.8) is 0 Å². The molecule has 0 saturated heterocycles. The summed E-state index contributed by atoms with van der Waals surface area (Å²) in [6.07, 6.45) is 5.11. The molecule has 0 fully saturated rings. The maximum absolute atomic E-state index is 5.74. The minimum Gasteiger partial charge on any atom is -0.381 e. The normalized spacial score (nSPS) is 12.1. The molecule has 0 saturated carbocycles. The van der Waals surface area contributed by atoms with Crippen LogP contribution < -0.4 is 11.1 Å². The number of aromatic nitrogens is 3. The average molecular weight is 294 g/mol. The van der Waals surface area contributed by atoms with Gasteiger partial charge in [-0.05, 0) is 34.5 Å². The Hall–Kier alpha value is -1.69. The first kappa shape index (κ1) is 11.8. The Labute approximate surface area is 108 Å². The molecule has 2 aromatic rings. The monoisotopic (exact) mass is 293 g/mol. The van der Waals surface area contributed by atoms with Crippen LogP contribution >= 0.6 is 15.9 Å². The van der Waals surface area contributed by atoms with Crippen LogP contribution in [0.3, 0.4) is 0 Å². The number of nitrogens with one attached hydrogen (secondary N) is 1. The second kappa shape index (κ2) is 5.09.